The first-order chi connectivity index (χ1) is 12.5. The Labute approximate surface area is 162 Å². The average molecular weight is 353 g/mol. The quantitative estimate of drug-likeness (QED) is 0.426. The second kappa shape index (κ2) is 8.77. The summed E-state index contributed by atoms with van der Waals surface area (Å²) in [6.45, 7) is 13.0. The summed E-state index contributed by atoms with van der Waals surface area (Å²) < 4.78 is 0. The van der Waals surface area contributed by atoms with Crippen LogP contribution in [0.2, 0.25) is 0 Å². The van der Waals surface area contributed by atoms with Crippen molar-refractivity contribution >= 4 is 0 Å². The number of allylic oxidation sites excluding steroid dienone is 6. The molecular formula is C26H40. The first-order valence-electron chi connectivity index (χ1n) is 11.1. The van der Waals surface area contributed by atoms with Gasteiger partial charge >= 0.3 is 0 Å². The van der Waals surface area contributed by atoms with Gasteiger partial charge in [-0.05, 0) is 105 Å². The summed E-state index contributed by atoms with van der Waals surface area (Å²) in [6.07, 6.45) is 25.5. The van der Waals surface area contributed by atoms with Crippen molar-refractivity contribution in [1.82, 2.24) is 0 Å². The van der Waals surface area contributed by atoms with E-state index in [0.717, 1.165) is 29.6 Å². The van der Waals surface area contributed by atoms with Crippen molar-refractivity contribution in [2.24, 2.45) is 35.0 Å². The van der Waals surface area contributed by atoms with Gasteiger partial charge in [-0.2, -0.15) is 0 Å². The van der Waals surface area contributed by atoms with Crippen LogP contribution in [0.15, 0.2) is 49.1 Å². The zero-order valence-electron chi connectivity index (χ0n) is 17.3. The molecule has 0 saturated heterocycles. The molecule has 0 N–H and O–H groups in total. The Kier molecular flexibility index (Phi) is 6.65. The second-order valence-corrected chi connectivity index (χ2v) is 9.95. The van der Waals surface area contributed by atoms with Gasteiger partial charge in [0.25, 0.3) is 0 Å². The Bertz CT molecular complexity index is 530. The minimum absolute atomic E-state index is 0.467. The molecule has 0 nitrogen and oxygen atoms in total. The molecule has 0 aromatic heterocycles. The van der Waals surface area contributed by atoms with E-state index in [0.29, 0.717) is 5.41 Å². The third-order valence-corrected chi connectivity index (χ3v) is 7.79. The highest BCUT2D eigenvalue weighted by Gasteiger charge is 2.34. The maximum Gasteiger partial charge on any atom is -0.0165 e. The summed E-state index contributed by atoms with van der Waals surface area (Å²) in [5, 5.41) is 0. The van der Waals surface area contributed by atoms with Gasteiger partial charge in [0.1, 0.15) is 0 Å². The molecule has 2 saturated carbocycles. The zero-order chi connectivity index (χ0) is 18.6. The Hall–Kier alpha value is -1.04. The average Bonchev–Trinajstić information content (AvgIpc) is 2.68. The molecule has 0 bridgehead atoms. The maximum atomic E-state index is 4.00. The first kappa shape index (κ1) is 19.7. The zero-order valence-corrected chi connectivity index (χ0v) is 17.3. The largest absolute Gasteiger partial charge is 0.103 e. The van der Waals surface area contributed by atoms with Gasteiger partial charge in [0.15, 0.2) is 0 Å². The lowest BCUT2D eigenvalue weighted by molar-refractivity contribution is 0.119. The van der Waals surface area contributed by atoms with Crippen molar-refractivity contribution < 1.29 is 0 Å². The van der Waals surface area contributed by atoms with Crippen molar-refractivity contribution in [2.75, 3.05) is 0 Å². The van der Waals surface area contributed by atoms with E-state index in [1.165, 1.54) is 64.2 Å². The van der Waals surface area contributed by atoms with E-state index in [9.17, 15) is 0 Å². The summed E-state index contributed by atoms with van der Waals surface area (Å²) >= 11 is 0. The van der Waals surface area contributed by atoms with Crippen molar-refractivity contribution in [3.8, 4) is 0 Å². The summed E-state index contributed by atoms with van der Waals surface area (Å²) in [5.41, 5.74) is 2.10. The van der Waals surface area contributed by atoms with Crippen molar-refractivity contribution in [3.63, 3.8) is 0 Å². The van der Waals surface area contributed by atoms with Gasteiger partial charge in [-0.3, -0.25) is 0 Å². The first-order valence-corrected chi connectivity index (χ1v) is 11.1. The minimum Gasteiger partial charge on any atom is -0.103 e. The van der Waals surface area contributed by atoms with Gasteiger partial charge in [0, 0.05) is 0 Å². The van der Waals surface area contributed by atoms with E-state index in [2.05, 4.69) is 57.4 Å². The van der Waals surface area contributed by atoms with E-state index in [1.807, 2.05) is 0 Å². The molecule has 0 spiro atoms. The molecule has 1 unspecified atom stereocenters. The Morgan fingerprint density at radius 3 is 2.00 bits per heavy atom. The Morgan fingerprint density at radius 1 is 0.923 bits per heavy atom. The molecule has 1 atom stereocenters. The highest BCUT2D eigenvalue weighted by Crippen LogP contribution is 2.45. The summed E-state index contributed by atoms with van der Waals surface area (Å²) in [4.78, 5) is 0. The fraction of sp³-hybridized carbons (Fsp3) is 0.692. The molecule has 0 amide bonds. The third kappa shape index (κ3) is 4.81. The molecule has 3 aliphatic rings. The smallest absolute Gasteiger partial charge is 0.0165 e. The number of hydrogen-bond acceptors (Lipinski definition) is 0. The lowest BCUT2D eigenvalue weighted by Crippen LogP contribution is -2.30. The van der Waals surface area contributed by atoms with Gasteiger partial charge in [-0.15, -0.1) is 13.2 Å². The topological polar surface area (TPSA) is 0 Å². The highest BCUT2D eigenvalue weighted by atomic mass is 14.4. The molecule has 144 valence electrons. The SMILES string of the molecule is C=CC1CCC(C2=CCC(CC(C)(C)C3CCC(C=C)CC3)C=C2)CC1. The second-order valence-electron chi connectivity index (χ2n) is 9.95. The fourth-order valence-corrected chi connectivity index (χ4v) is 5.80. The van der Waals surface area contributed by atoms with Gasteiger partial charge in [-0.1, -0.05) is 44.2 Å². The van der Waals surface area contributed by atoms with Crippen LogP contribution >= 0.6 is 0 Å². The molecule has 3 aliphatic carbocycles. The van der Waals surface area contributed by atoms with E-state index < -0.39 is 0 Å². The summed E-state index contributed by atoms with van der Waals surface area (Å²) in [7, 11) is 0. The van der Waals surface area contributed by atoms with E-state index in [1.54, 1.807) is 5.57 Å². The third-order valence-electron chi connectivity index (χ3n) is 7.79. The lowest BCUT2D eigenvalue weighted by atomic mass is 9.65. The van der Waals surface area contributed by atoms with Crippen LogP contribution in [0, 0.1) is 35.0 Å². The van der Waals surface area contributed by atoms with Gasteiger partial charge in [0.2, 0.25) is 0 Å². The van der Waals surface area contributed by atoms with Crippen LogP contribution in [-0.4, -0.2) is 0 Å². The van der Waals surface area contributed by atoms with Gasteiger partial charge < -0.3 is 0 Å². The standard InChI is InChI=1S/C26H40/c1-5-20-7-13-23(14-8-20)24-15-9-22(10-16-24)19-26(3,4)25-17-11-21(6-2)12-18-25/h5-6,9,15-16,20-23,25H,1-2,7-8,10-14,17-19H2,3-4H3. The normalized spacial score (nSPS) is 35.6. The van der Waals surface area contributed by atoms with E-state index in [-0.39, 0.29) is 0 Å². The highest BCUT2D eigenvalue weighted by molar-refractivity contribution is 5.27. The molecule has 2 fully saturated rings. The van der Waals surface area contributed by atoms with Crippen LogP contribution in [0.5, 0.6) is 0 Å². The van der Waals surface area contributed by atoms with E-state index >= 15 is 0 Å². The summed E-state index contributed by atoms with van der Waals surface area (Å²) in [6, 6.07) is 0. The molecule has 0 heteroatoms. The number of rotatable bonds is 6. The molecule has 3 rings (SSSR count). The van der Waals surface area contributed by atoms with Crippen LogP contribution in [-0.2, 0) is 0 Å². The lowest BCUT2D eigenvalue weighted by Gasteiger charge is -2.41. The van der Waals surface area contributed by atoms with Crippen LogP contribution in [0.1, 0.15) is 78.1 Å². The van der Waals surface area contributed by atoms with Crippen molar-refractivity contribution in [2.45, 2.75) is 78.1 Å². The number of hydrogen-bond donors (Lipinski definition) is 0. The van der Waals surface area contributed by atoms with Crippen LogP contribution in [0.25, 0.3) is 0 Å². The molecule has 0 aromatic carbocycles. The molecule has 0 aliphatic heterocycles. The molecule has 0 aromatic rings. The van der Waals surface area contributed by atoms with Gasteiger partial charge in [-0.25, -0.2) is 0 Å². The Balaban J connectivity index is 1.49. The molecular weight excluding hydrogens is 312 g/mol. The predicted molar refractivity (Wildman–Crippen MR) is 115 cm³/mol. The van der Waals surface area contributed by atoms with Crippen molar-refractivity contribution in [1.29, 1.82) is 0 Å². The summed E-state index contributed by atoms with van der Waals surface area (Å²) in [5.74, 6) is 4.00. The van der Waals surface area contributed by atoms with Crippen LogP contribution < -0.4 is 0 Å². The molecule has 0 radical (unpaired) electrons. The van der Waals surface area contributed by atoms with Crippen LogP contribution in [0.3, 0.4) is 0 Å². The van der Waals surface area contributed by atoms with Crippen LogP contribution in [0.4, 0.5) is 0 Å². The van der Waals surface area contributed by atoms with Crippen molar-refractivity contribution in [3.05, 3.63) is 49.1 Å². The minimum atomic E-state index is 0.467. The molecule has 26 heavy (non-hydrogen) atoms. The predicted octanol–water partition coefficient (Wildman–Crippen LogP) is 7.89. The molecule has 0 heterocycles. The fourth-order valence-electron chi connectivity index (χ4n) is 5.80. The van der Waals surface area contributed by atoms with Gasteiger partial charge in [0.05, 0.1) is 0 Å². The van der Waals surface area contributed by atoms with E-state index in [4.69, 9.17) is 0 Å². The monoisotopic (exact) mass is 352 g/mol. The Morgan fingerprint density at radius 2 is 1.50 bits per heavy atom. The maximum absolute atomic E-state index is 4.00.